The summed E-state index contributed by atoms with van der Waals surface area (Å²) in [5.41, 5.74) is 3.50. The van der Waals surface area contributed by atoms with E-state index in [0.29, 0.717) is 12.3 Å². The fourth-order valence-corrected chi connectivity index (χ4v) is 2.85. The van der Waals surface area contributed by atoms with Gasteiger partial charge in [-0.05, 0) is 47.6 Å². The Labute approximate surface area is 125 Å². The quantitative estimate of drug-likeness (QED) is 0.849. The molecule has 1 aliphatic carbocycles. The zero-order valence-corrected chi connectivity index (χ0v) is 12.2. The second-order valence-corrected chi connectivity index (χ2v) is 6.08. The van der Waals surface area contributed by atoms with Crippen molar-refractivity contribution in [3.05, 3.63) is 70.2 Å². The molecule has 2 aromatic rings. The maximum atomic E-state index is 10.4. The van der Waals surface area contributed by atoms with Gasteiger partial charge >= 0.3 is 0 Å². The standard InChI is InChI=1S/C18H19ClO/c19-17-9-7-13(8-10-17)11-18(20)16-6-2-5-15(12-16)14-3-1-4-14/h2,5-10,12,14,18,20H,1,3-4,11H2. The van der Waals surface area contributed by atoms with Crippen LogP contribution < -0.4 is 0 Å². The highest BCUT2D eigenvalue weighted by atomic mass is 35.5. The first-order chi connectivity index (χ1) is 9.72. The molecule has 0 heterocycles. The van der Waals surface area contributed by atoms with Crippen LogP contribution in [0.1, 0.15) is 48.0 Å². The molecule has 104 valence electrons. The second kappa shape index (κ2) is 5.99. The summed E-state index contributed by atoms with van der Waals surface area (Å²) in [6, 6.07) is 16.1. The van der Waals surface area contributed by atoms with Crippen LogP contribution in [0.2, 0.25) is 5.02 Å². The van der Waals surface area contributed by atoms with Gasteiger partial charge in [-0.25, -0.2) is 0 Å². The fourth-order valence-electron chi connectivity index (χ4n) is 2.72. The van der Waals surface area contributed by atoms with Crippen LogP contribution in [-0.4, -0.2) is 5.11 Å². The Kier molecular flexibility index (Phi) is 4.09. The van der Waals surface area contributed by atoms with Crippen molar-refractivity contribution in [2.24, 2.45) is 0 Å². The van der Waals surface area contributed by atoms with Crippen molar-refractivity contribution in [3.63, 3.8) is 0 Å². The number of hydrogen-bond donors (Lipinski definition) is 1. The molecule has 1 atom stereocenters. The van der Waals surface area contributed by atoms with E-state index in [1.807, 2.05) is 30.3 Å². The Balaban J connectivity index is 1.72. The van der Waals surface area contributed by atoms with E-state index in [-0.39, 0.29) is 0 Å². The molecule has 0 radical (unpaired) electrons. The molecule has 1 unspecified atom stereocenters. The molecule has 1 nitrogen and oxygen atoms in total. The minimum absolute atomic E-state index is 0.448. The Morgan fingerprint density at radius 1 is 1.10 bits per heavy atom. The lowest BCUT2D eigenvalue weighted by atomic mass is 9.79. The van der Waals surface area contributed by atoms with Gasteiger partial charge in [0.1, 0.15) is 0 Å². The number of aliphatic hydroxyl groups is 1. The van der Waals surface area contributed by atoms with Gasteiger partial charge in [0.05, 0.1) is 6.10 Å². The predicted molar refractivity (Wildman–Crippen MR) is 83.1 cm³/mol. The number of halogens is 1. The van der Waals surface area contributed by atoms with Crippen LogP contribution in [0.3, 0.4) is 0 Å². The van der Waals surface area contributed by atoms with Gasteiger partial charge in [-0.1, -0.05) is 54.4 Å². The molecule has 0 aromatic heterocycles. The molecule has 0 aliphatic heterocycles. The summed E-state index contributed by atoms with van der Waals surface area (Å²) < 4.78 is 0. The third-order valence-corrected chi connectivity index (χ3v) is 4.47. The summed E-state index contributed by atoms with van der Waals surface area (Å²) in [6.45, 7) is 0. The Morgan fingerprint density at radius 2 is 1.85 bits per heavy atom. The van der Waals surface area contributed by atoms with Crippen LogP contribution in [0.4, 0.5) is 0 Å². The molecular weight excluding hydrogens is 268 g/mol. The molecule has 3 rings (SSSR count). The zero-order valence-electron chi connectivity index (χ0n) is 11.4. The molecule has 1 aliphatic rings. The minimum atomic E-state index is -0.448. The van der Waals surface area contributed by atoms with Crippen molar-refractivity contribution < 1.29 is 5.11 Å². The Morgan fingerprint density at radius 3 is 2.50 bits per heavy atom. The van der Waals surface area contributed by atoms with Crippen molar-refractivity contribution in [2.45, 2.75) is 37.7 Å². The van der Waals surface area contributed by atoms with Crippen LogP contribution in [0.25, 0.3) is 0 Å². The van der Waals surface area contributed by atoms with Crippen LogP contribution >= 0.6 is 11.6 Å². The molecule has 1 N–H and O–H groups in total. The van der Waals surface area contributed by atoms with Gasteiger partial charge in [0, 0.05) is 11.4 Å². The number of aliphatic hydroxyl groups excluding tert-OH is 1. The van der Waals surface area contributed by atoms with E-state index in [2.05, 4.69) is 18.2 Å². The number of rotatable bonds is 4. The van der Waals surface area contributed by atoms with E-state index in [1.54, 1.807) is 0 Å². The molecule has 0 spiro atoms. The first-order valence-electron chi connectivity index (χ1n) is 7.25. The molecule has 0 amide bonds. The van der Waals surface area contributed by atoms with Crippen LogP contribution in [0.5, 0.6) is 0 Å². The van der Waals surface area contributed by atoms with E-state index in [4.69, 9.17) is 11.6 Å². The van der Waals surface area contributed by atoms with Gasteiger partial charge in [0.15, 0.2) is 0 Å². The summed E-state index contributed by atoms with van der Waals surface area (Å²) in [5, 5.41) is 11.1. The lowest BCUT2D eigenvalue weighted by molar-refractivity contribution is 0.178. The average molecular weight is 287 g/mol. The maximum Gasteiger partial charge on any atom is 0.0830 e. The summed E-state index contributed by atoms with van der Waals surface area (Å²) in [6.07, 6.45) is 4.09. The molecule has 0 bridgehead atoms. The van der Waals surface area contributed by atoms with E-state index < -0.39 is 6.10 Å². The molecular formula is C18H19ClO. The third kappa shape index (κ3) is 3.05. The van der Waals surface area contributed by atoms with Gasteiger partial charge in [0.25, 0.3) is 0 Å². The lowest BCUT2D eigenvalue weighted by Crippen LogP contribution is -2.10. The van der Waals surface area contributed by atoms with Gasteiger partial charge in [-0.15, -0.1) is 0 Å². The SMILES string of the molecule is OC(Cc1ccc(Cl)cc1)c1cccc(C2CCC2)c1. The first kappa shape index (κ1) is 13.7. The van der Waals surface area contributed by atoms with Crippen LogP contribution in [-0.2, 0) is 6.42 Å². The van der Waals surface area contributed by atoms with Crippen molar-refractivity contribution in [3.8, 4) is 0 Å². The zero-order chi connectivity index (χ0) is 13.9. The lowest BCUT2D eigenvalue weighted by Gasteiger charge is -2.26. The molecule has 20 heavy (non-hydrogen) atoms. The van der Waals surface area contributed by atoms with E-state index in [9.17, 15) is 5.11 Å². The van der Waals surface area contributed by atoms with Gasteiger partial charge < -0.3 is 5.11 Å². The molecule has 2 heteroatoms. The molecule has 1 saturated carbocycles. The van der Waals surface area contributed by atoms with E-state index in [1.165, 1.54) is 24.8 Å². The monoisotopic (exact) mass is 286 g/mol. The van der Waals surface area contributed by atoms with Crippen molar-refractivity contribution in [1.29, 1.82) is 0 Å². The summed E-state index contributed by atoms with van der Waals surface area (Å²) in [7, 11) is 0. The third-order valence-electron chi connectivity index (χ3n) is 4.21. The Hall–Kier alpha value is -1.31. The van der Waals surface area contributed by atoms with Crippen molar-refractivity contribution in [1.82, 2.24) is 0 Å². The van der Waals surface area contributed by atoms with Crippen LogP contribution in [0, 0.1) is 0 Å². The molecule has 2 aromatic carbocycles. The van der Waals surface area contributed by atoms with Gasteiger partial charge in [0.2, 0.25) is 0 Å². The minimum Gasteiger partial charge on any atom is -0.388 e. The number of hydrogen-bond acceptors (Lipinski definition) is 1. The first-order valence-corrected chi connectivity index (χ1v) is 7.62. The molecule has 1 fully saturated rings. The van der Waals surface area contributed by atoms with Crippen molar-refractivity contribution >= 4 is 11.6 Å². The largest absolute Gasteiger partial charge is 0.388 e. The fraction of sp³-hybridized carbons (Fsp3) is 0.333. The highest BCUT2D eigenvalue weighted by molar-refractivity contribution is 6.30. The topological polar surface area (TPSA) is 20.2 Å². The smallest absolute Gasteiger partial charge is 0.0830 e. The summed E-state index contributed by atoms with van der Waals surface area (Å²) in [4.78, 5) is 0. The highest BCUT2D eigenvalue weighted by Gasteiger charge is 2.20. The average Bonchev–Trinajstić information content (AvgIpc) is 2.40. The predicted octanol–water partition coefficient (Wildman–Crippen LogP) is 4.88. The van der Waals surface area contributed by atoms with Gasteiger partial charge in [-0.3, -0.25) is 0 Å². The highest BCUT2D eigenvalue weighted by Crippen LogP contribution is 2.37. The Bertz CT molecular complexity index is 572. The summed E-state index contributed by atoms with van der Waals surface area (Å²) in [5.74, 6) is 0.706. The van der Waals surface area contributed by atoms with E-state index >= 15 is 0 Å². The van der Waals surface area contributed by atoms with Crippen molar-refractivity contribution in [2.75, 3.05) is 0 Å². The molecule has 0 saturated heterocycles. The van der Waals surface area contributed by atoms with Crippen LogP contribution in [0.15, 0.2) is 48.5 Å². The number of benzene rings is 2. The maximum absolute atomic E-state index is 10.4. The summed E-state index contributed by atoms with van der Waals surface area (Å²) >= 11 is 5.88. The van der Waals surface area contributed by atoms with Gasteiger partial charge in [-0.2, -0.15) is 0 Å². The normalized spacial score (nSPS) is 16.7. The van der Waals surface area contributed by atoms with E-state index in [0.717, 1.165) is 16.1 Å². The second-order valence-electron chi connectivity index (χ2n) is 5.64.